The van der Waals surface area contributed by atoms with E-state index in [-0.39, 0.29) is 5.91 Å². The monoisotopic (exact) mass is 289 g/mol. The second-order valence-electron chi connectivity index (χ2n) is 4.96. The van der Waals surface area contributed by atoms with Gasteiger partial charge < -0.3 is 0 Å². The number of hydrogen-bond donors (Lipinski definition) is 1. The molecular formula is C18H15N3O. The van der Waals surface area contributed by atoms with E-state index < -0.39 is 0 Å². The number of fused-ring (bicyclic) bond motifs is 1. The number of nitrogens with zero attached hydrogens (tertiary/aromatic N) is 2. The van der Waals surface area contributed by atoms with Gasteiger partial charge in [-0.3, -0.25) is 9.78 Å². The van der Waals surface area contributed by atoms with Crippen molar-refractivity contribution in [2.24, 2.45) is 5.10 Å². The highest BCUT2D eigenvalue weighted by molar-refractivity contribution is 6.08. The molecule has 0 aliphatic rings. The summed E-state index contributed by atoms with van der Waals surface area (Å²) < 4.78 is 0. The summed E-state index contributed by atoms with van der Waals surface area (Å²) in [5.41, 5.74) is 5.05. The van der Waals surface area contributed by atoms with Crippen LogP contribution in [0.2, 0.25) is 0 Å². The average molecular weight is 289 g/mol. The third-order valence-electron chi connectivity index (χ3n) is 3.45. The molecular weight excluding hydrogens is 274 g/mol. The SMILES string of the molecule is Cc1ccc2ccccc2c1C(=O)N/N=C\c1ccncc1. The first-order chi connectivity index (χ1) is 10.8. The molecule has 0 aliphatic carbocycles. The van der Waals surface area contributed by atoms with Crippen LogP contribution in [0.15, 0.2) is 66.0 Å². The number of nitrogens with one attached hydrogen (secondary N) is 1. The zero-order valence-electron chi connectivity index (χ0n) is 12.2. The number of carbonyl (C=O) groups is 1. The second kappa shape index (κ2) is 6.18. The quantitative estimate of drug-likeness (QED) is 0.594. The highest BCUT2D eigenvalue weighted by Gasteiger charge is 2.12. The Hall–Kier alpha value is -3.01. The summed E-state index contributed by atoms with van der Waals surface area (Å²) in [4.78, 5) is 16.4. The van der Waals surface area contributed by atoms with Crippen LogP contribution in [-0.4, -0.2) is 17.1 Å². The molecule has 3 aromatic rings. The lowest BCUT2D eigenvalue weighted by atomic mass is 9.99. The van der Waals surface area contributed by atoms with Crippen molar-refractivity contribution in [1.29, 1.82) is 0 Å². The molecule has 1 aromatic heterocycles. The standard InChI is InChI=1S/C18H15N3O/c1-13-6-7-15-4-2-3-5-16(15)17(13)18(22)21-20-12-14-8-10-19-11-9-14/h2-12H,1H3,(H,21,22)/b20-12-. The molecule has 0 fully saturated rings. The van der Waals surface area contributed by atoms with Crippen LogP contribution >= 0.6 is 0 Å². The first kappa shape index (κ1) is 13.9. The van der Waals surface area contributed by atoms with Gasteiger partial charge in [0.2, 0.25) is 0 Å². The summed E-state index contributed by atoms with van der Waals surface area (Å²) in [6.45, 7) is 1.92. The van der Waals surface area contributed by atoms with E-state index in [0.29, 0.717) is 5.56 Å². The summed E-state index contributed by atoms with van der Waals surface area (Å²) >= 11 is 0. The van der Waals surface area contributed by atoms with E-state index in [4.69, 9.17) is 0 Å². The lowest BCUT2D eigenvalue weighted by Gasteiger charge is -2.08. The van der Waals surface area contributed by atoms with E-state index in [1.807, 2.05) is 55.5 Å². The molecule has 0 saturated heterocycles. The topological polar surface area (TPSA) is 54.4 Å². The Labute approximate surface area is 128 Å². The summed E-state index contributed by atoms with van der Waals surface area (Å²) in [6, 6.07) is 15.4. The third-order valence-corrected chi connectivity index (χ3v) is 3.45. The normalized spacial score (nSPS) is 11.0. The third kappa shape index (κ3) is 2.86. The minimum atomic E-state index is -0.209. The van der Waals surface area contributed by atoms with E-state index in [0.717, 1.165) is 21.9 Å². The van der Waals surface area contributed by atoms with Gasteiger partial charge in [-0.05, 0) is 41.0 Å². The Morgan fingerprint density at radius 2 is 1.86 bits per heavy atom. The van der Waals surface area contributed by atoms with Crippen molar-refractivity contribution in [2.45, 2.75) is 6.92 Å². The Balaban J connectivity index is 1.86. The summed E-state index contributed by atoms with van der Waals surface area (Å²) in [6.07, 6.45) is 4.95. The lowest BCUT2D eigenvalue weighted by Crippen LogP contribution is -2.19. The number of aryl methyl sites for hydroxylation is 1. The summed E-state index contributed by atoms with van der Waals surface area (Å²) in [7, 11) is 0. The van der Waals surface area contributed by atoms with Crippen LogP contribution in [0.4, 0.5) is 0 Å². The van der Waals surface area contributed by atoms with Crippen LogP contribution in [0.1, 0.15) is 21.5 Å². The molecule has 4 heteroatoms. The Morgan fingerprint density at radius 3 is 2.68 bits per heavy atom. The van der Waals surface area contributed by atoms with Gasteiger partial charge in [-0.25, -0.2) is 5.43 Å². The number of pyridine rings is 1. The largest absolute Gasteiger partial charge is 0.272 e. The van der Waals surface area contributed by atoms with Crippen LogP contribution in [0.3, 0.4) is 0 Å². The molecule has 0 aliphatic heterocycles. The molecule has 1 N–H and O–H groups in total. The molecule has 1 heterocycles. The molecule has 22 heavy (non-hydrogen) atoms. The molecule has 0 saturated carbocycles. The molecule has 0 bridgehead atoms. The maximum atomic E-state index is 12.4. The molecule has 4 nitrogen and oxygen atoms in total. The van der Waals surface area contributed by atoms with E-state index in [9.17, 15) is 4.79 Å². The summed E-state index contributed by atoms with van der Waals surface area (Å²) in [5, 5.41) is 5.98. The molecule has 0 radical (unpaired) electrons. The van der Waals surface area contributed by atoms with Gasteiger partial charge in [0.1, 0.15) is 0 Å². The molecule has 1 amide bonds. The predicted octanol–water partition coefficient (Wildman–Crippen LogP) is 3.31. The highest BCUT2D eigenvalue weighted by Crippen LogP contribution is 2.21. The maximum Gasteiger partial charge on any atom is 0.272 e. The lowest BCUT2D eigenvalue weighted by molar-refractivity contribution is 0.0956. The number of carbonyl (C=O) groups excluding carboxylic acids is 1. The van der Waals surface area contributed by atoms with Gasteiger partial charge in [-0.2, -0.15) is 5.10 Å². The van der Waals surface area contributed by atoms with Gasteiger partial charge in [-0.1, -0.05) is 36.4 Å². The molecule has 0 unspecified atom stereocenters. The Morgan fingerprint density at radius 1 is 1.09 bits per heavy atom. The zero-order chi connectivity index (χ0) is 15.4. The van der Waals surface area contributed by atoms with Gasteiger partial charge in [0.05, 0.1) is 11.8 Å². The van der Waals surface area contributed by atoms with Crippen LogP contribution in [0.5, 0.6) is 0 Å². The number of rotatable bonds is 3. The smallest absolute Gasteiger partial charge is 0.267 e. The van der Waals surface area contributed by atoms with E-state index in [2.05, 4.69) is 15.5 Å². The van der Waals surface area contributed by atoms with Crippen LogP contribution in [0, 0.1) is 6.92 Å². The Bertz CT molecular complexity index is 841. The van der Waals surface area contributed by atoms with Crippen molar-refractivity contribution in [1.82, 2.24) is 10.4 Å². The zero-order valence-corrected chi connectivity index (χ0v) is 12.2. The predicted molar refractivity (Wildman–Crippen MR) is 88.0 cm³/mol. The fourth-order valence-electron chi connectivity index (χ4n) is 2.35. The summed E-state index contributed by atoms with van der Waals surface area (Å²) in [5.74, 6) is -0.209. The second-order valence-corrected chi connectivity index (χ2v) is 4.96. The highest BCUT2D eigenvalue weighted by atomic mass is 16.2. The van der Waals surface area contributed by atoms with Crippen molar-refractivity contribution in [3.63, 3.8) is 0 Å². The van der Waals surface area contributed by atoms with Gasteiger partial charge in [0.25, 0.3) is 5.91 Å². The van der Waals surface area contributed by atoms with E-state index >= 15 is 0 Å². The van der Waals surface area contributed by atoms with Crippen LogP contribution in [0.25, 0.3) is 10.8 Å². The fraction of sp³-hybridized carbons (Fsp3) is 0.0556. The number of hydrogen-bond acceptors (Lipinski definition) is 3. The van der Waals surface area contributed by atoms with Gasteiger partial charge >= 0.3 is 0 Å². The number of benzene rings is 2. The minimum Gasteiger partial charge on any atom is -0.267 e. The Kier molecular flexibility index (Phi) is 3.92. The van der Waals surface area contributed by atoms with Crippen molar-refractivity contribution in [3.8, 4) is 0 Å². The molecule has 0 spiro atoms. The van der Waals surface area contributed by atoms with Crippen molar-refractivity contribution < 1.29 is 4.79 Å². The molecule has 2 aromatic carbocycles. The minimum absolute atomic E-state index is 0.209. The first-order valence-electron chi connectivity index (χ1n) is 6.97. The number of amides is 1. The number of aromatic nitrogens is 1. The van der Waals surface area contributed by atoms with Crippen LogP contribution < -0.4 is 5.43 Å². The number of hydrazone groups is 1. The van der Waals surface area contributed by atoms with Crippen molar-refractivity contribution >= 4 is 22.9 Å². The van der Waals surface area contributed by atoms with E-state index in [1.165, 1.54) is 0 Å². The van der Waals surface area contributed by atoms with Crippen molar-refractivity contribution in [2.75, 3.05) is 0 Å². The van der Waals surface area contributed by atoms with Gasteiger partial charge in [0, 0.05) is 12.4 Å². The molecule has 3 rings (SSSR count). The van der Waals surface area contributed by atoms with Gasteiger partial charge in [0.15, 0.2) is 0 Å². The molecule has 108 valence electrons. The first-order valence-corrected chi connectivity index (χ1v) is 6.97. The van der Waals surface area contributed by atoms with Gasteiger partial charge in [-0.15, -0.1) is 0 Å². The molecule has 0 atom stereocenters. The average Bonchev–Trinajstić information content (AvgIpc) is 2.55. The van der Waals surface area contributed by atoms with Crippen LogP contribution in [-0.2, 0) is 0 Å². The maximum absolute atomic E-state index is 12.4. The van der Waals surface area contributed by atoms with Crippen molar-refractivity contribution in [3.05, 3.63) is 77.6 Å². The van der Waals surface area contributed by atoms with E-state index in [1.54, 1.807) is 18.6 Å². The fourth-order valence-corrected chi connectivity index (χ4v) is 2.35.